The molecule has 0 unspecified atom stereocenters. The second-order valence-electron chi connectivity index (χ2n) is 2.41. The molecule has 2 nitrogen and oxygen atoms in total. The zero-order valence-electron chi connectivity index (χ0n) is 6.73. The molecular weight excluding hydrogens is 126 g/mol. The lowest BCUT2D eigenvalue weighted by molar-refractivity contribution is -0.107. The van der Waals surface area contributed by atoms with Gasteiger partial charge < -0.3 is 10.1 Å². The number of unbranched alkanes of at least 4 members (excludes halogenated alkanes) is 2. The van der Waals surface area contributed by atoms with Crippen molar-refractivity contribution in [3.8, 4) is 0 Å². The summed E-state index contributed by atoms with van der Waals surface area (Å²) >= 11 is 0. The molecule has 0 aliphatic heterocycles. The Balaban J connectivity index is 2.70. The predicted molar refractivity (Wildman–Crippen MR) is 43.1 cm³/mol. The van der Waals surface area contributed by atoms with Gasteiger partial charge in [-0.3, -0.25) is 0 Å². The van der Waals surface area contributed by atoms with Crippen LogP contribution in [-0.4, -0.2) is 19.4 Å². The molecule has 0 aliphatic rings. The summed E-state index contributed by atoms with van der Waals surface area (Å²) in [5.74, 6) is 0. The Hall–Kier alpha value is -0.370. The van der Waals surface area contributed by atoms with Gasteiger partial charge in [-0.1, -0.05) is 6.92 Å². The summed E-state index contributed by atoms with van der Waals surface area (Å²) in [6, 6.07) is 0. The van der Waals surface area contributed by atoms with Gasteiger partial charge in [0.1, 0.15) is 6.29 Å². The summed E-state index contributed by atoms with van der Waals surface area (Å²) < 4.78 is 0. The maximum absolute atomic E-state index is 9.87. The van der Waals surface area contributed by atoms with E-state index in [-0.39, 0.29) is 0 Å². The molecule has 0 aromatic rings. The minimum atomic E-state index is 0.716. The molecule has 0 saturated heterocycles. The van der Waals surface area contributed by atoms with Crippen LogP contribution in [-0.2, 0) is 4.79 Å². The third-order valence-electron chi connectivity index (χ3n) is 1.35. The summed E-state index contributed by atoms with van der Waals surface area (Å²) in [7, 11) is 0. The number of carbonyl (C=O) groups excluding carboxylic acids is 1. The van der Waals surface area contributed by atoms with E-state index in [0.717, 1.165) is 32.2 Å². The standard InChI is InChI=1S/C8H17NO/c1-2-6-9-7-4-3-5-8-10/h8-9H,2-7H2,1H3. The maximum atomic E-state index is 9.87. The van der Waals surface area contributed by atoms with Crippen molar-refractivity contribution in [1.82, 2.24) is 5.32 Å². The van der Waals surface area contributed by atoms with Crippen LogP contribution in [0.25, 0.3) is 0 Å². The Kier molecular flexibility index (Phi) is 8.31. The minimum Gasteiger partial charge on any atom is -0.317 e. The van der Waals surface area contributed by atoms with Gasteiger partial charge >= 0.3 is 0 Å². The van der Waals surface area contributed by atoms with Crippen LogP contribution in [0.15, 0.2) is 0 Å². The van der Waals surface area contributed by atoms with E-state index >= 15 is 0 Å². The number of rotatable bonds is 7. The summed E-state index contributed by atoms with van der Waals surface area (Å²) in [5.41, 5.74) is 0. The van der Waals surface area contributed by atoms with Gasteiger partial charge in [0.15, 0.2) is 0 Å². The molecule has 10 heavy (non-hydrogen) atoms. The first-order valence-corrected chi connectivity index (χ1v) is 4.06. The van der Waals surface area contributed by atoms with Crippen LogP contribution in [0.3, 0.4) is 0 Å². The van der Waals surface area contributed by atoms with Gasteiger partial charge in [-0.25, -0.2) is 0 Å². The van der Waals surface area contributed by atoms with Crippen LogP contribution in [0.2, 0.25) is 0 Å². The summed E-state index contributed by atoms with van der Waals surface area (Å²) in [5, 5.41) is 3.28. The molecule has 0 aromatic carbocycles. The Morgan fingerprint density at radius 1 is 1.30 bits per heavy atom. The van der Waals surface area contributed by atoms with Crippen LogP contribution in [0.4, 0.5) is 0 Å². The van der Waals surface area contributed by atoms with Crippen LogP contribution >= 0.6 is 0 Å². The molecule has 0 bridgehead atoms. The van der Waals surface area contributed by atoms with E-state index in [9.17, 15) is 4.79 Å². The van der Waals surface area contributed by atoms with Gasteiger partial charge in [0, 0.05) is 6.42 Å². The van der Waals surface area contributed by atoms with E-state index in [4.69, 9.17) is 0 Å². The van der Waals surface area contributed by atoms with E-state index in [1.54, 1.807) is 0 Å². The second kappa shape index (κ2) is 8.63. The van der Waals surface area contributed by atoms with Crippen molar-refractivity contribution in [3.05, 3.63) is 0 Å². The Morgan fingerprint density at radius 2 is 2.10 bits per heavy atom. The zero-order valence-corrected chi connectivity index (χ0v) is 6.73. The van der Waals surface area contributed by atoms with Crippen molar-refractivity contribution in [2.24, 2.45) is 0 Å². The minimum absolute atomic E-state index is 0.716. The van der Waals surface area contributed by atoms with Crippen LogP contribution in [0.5, 0.6) is 0 Å². The number of hydrogen-bond acceptors (Lipinski definition) is 2. The van der Waals surface area contributed by atoms with Crippen molar-refractivity contribution in [2.45, 2.75) is 32.6 Å². The van der Waals surface area contributed by atoms with Crippen molar-refractivity contribution in [3.63, 3.8) is 0 Å². The first-order chi connectivity index (χ1) is 4.91. The van der Waals surface area contributed by atoms with Gasteiger partial charge in [-0.05, 0) is 32.4 Å². The fourth-order valence-corrected chi connectivity index (χ4v) is 0.779. The number of aldehydes is 1. The average Bonchev–Trinajstić information content (AvgIpc) is 1.97. The number of nitrogens with one attached hydrogen (secondary N) is 1. The molecule has 0 aliphatic carbocycles. The molecule has 0 aromatic heterocycles. The highest BCUT2D eigenvalue weighted by atomic mass is 16.1. The van der Waals surface area contributed by atoms with Gasteiger partial charge in [-0.2, -0.15) is 0 Å². The van der Waals surface area contributed by atoms with Crippen LogP contribution < -0.4 is 5.32 Å². The lowest BCUT2D eigenvalue weighted by Gasteiger charge is -1.99. The molecule has 0 saturated carbocycles. The molecule has 0 atom stereocenters. The molecule has 1 N–H and O–H groups in total. The Labute approximate surface area is 63.0 Å². The Morgan fingerprint density at radius 3 is 2.70 bits per heavy atom. The molecule has 0 heterocycles. The smallest absolute Gasteiger partial charge is 0.119 e. The molecule has 60 valence electrons. The fraction of sp³-hybridized carbons (Fsp3) is 0.875. The topological polar surface area (TPSA) is 29.1 Å². The van der Waals surface area contributed by atoms with Crippen molar-refractivity contribution in [2.75, 3.05) is 13.1 Å². The average molecular weight is 143 g/mol. The SMILES string of the molecule is CCCNCCCCC=O. The van der Waals surface area contributed by atoms with E-state index < -0.39 is 0 Å². The van der Waals surface area contributed by atoms with E-state index in [2.05, 4.69) is 12.2 Å². The number of hydrogen-bond donors (Lipinski definition) is 1. The third kappa shape index (κ3) is 7.63. The largest absolute Gasteiger partial charge is 0.317 e. The quantitative estimate of drug-likeness (QED) is 0.430. The monoisotopic (exact) mass is 143 g/mol. The predicted octanol–water partition coefficient (Wildman–Crippen LogP) is 1.36. The lowest BCUT2D eigenvalue weighted by Crippen LogP contribution is -2.15. The maximum Gasteiger partial charge on any atom is 0.119 e. The highest BCUT2D eigenvalue weighted by molar-refractivity contribution is 5.48. The van der Waals surface area contributed by atoms with E-state index in [1.807, 2.05) is 0 Å². The van der Waals surface area contributed by atoms with Crippen LogP contribution in [0, 0.1) is 0 Å². The highest BCUT2D eigenvalue weighted by Gasteiger charge is 1.85. The summed E-state index contributed by atoms with van der Waals surface area (Å²) in [4.78, 5) is 9.87. The van der Waals surface area contributed by atoms with E-state index in [1.165, 1.54) is 6.42 Å². The second-order valence-corrected chi connectivity index (χ2v) is 2.41. The van der Waals surface area contributed by atoms with Crippen molar-refractivity contribution in [1.29, 1.82) is 0 Å². The number of carbonyl (C=O) groups is 1. The summed E-state index contributed by atoms with van der Waals surface area (Å²) in [6.07, 6.45) is 5.04. The van der Waals surface area contributed by atoms with Gasteiger partial charge in [0.05, 0.1) is 0 Å². The summed E-state index contributed by atoms with van der Waals surface area (Å²) in [6.45, 7) is 4.31. The highest BCUT2D eigenvalue weighted by Crippen LogP contribution is 1.89. The first-order valence-electron chi connectivity index (χ1n) is 4.06. The molecule has 0 radical (unpaired) electrons. The molecule has 0 rings (SSSR count). The molecule has 0 amide bonds. The lowest BCUT2D eigenvalue weighted by atomic mass is 10.2. The molecule has 0 spiro atoms. The first kappa shape index (κ1) is 9.63. The normalized spacial score (nSPS) is 9.70. The third-order valence-corrected chi connectivity index (χ3v) is 1.35. The Bertz CT molecular complexity index is 73.7. The molecule has 2 heteroatoms. The van der Waals surface area contributed by atoms with Crippen molar-refractivity contribution < 1.29 is 4.79 Å². The molecule has 0 fully saturated rings. The molecular formula is C8H17NO. The zero-order chi connectivity index (χ0) is 7.66. The van der Waals surface area contributed by atoms with Crippen LogP contribution in [0.1, 0.15) is 32.6 Å². The van der Waals surface area contributed by atoms with Crippen molar-refractivity contribution >= 4 is 6.29 Å². The van der Waals surface area contributed by atoms with Gasteiger partial charge in [0.2, 0.25) is 0 Å². The fourth-order valence-electron chi connectivity index (χ4n) is 0.779. The van der Waals surface area contributed by atoms with Gasteiger partial charge in [0.25, 0.3) is 0 Å². The van der Waals surface area contributed by atoms with Gasteiger partial charge in [-0.15, -0.1) is 0 Å². The van der Waals surface area contributed by atoms with E-state index in [0.29, 0.717) is 6.42 Å².